The first-order valence-electron chi connectivity index (χ1n) is 5.06. The van der Waals surface area contributed by atoms with Crippen LogP contribution in [0.2, 0.25) is 0 Å². The summed E-state index contributed by atoms with van der Waals surface area (Å²) < 4.78 is 11.0. The van der Waals surface area contributed by atoms with Gasteiger partial charge in [-0.15, -0.1) is 0 Å². The highest BCUT2D eigenvalue weighted by Crippen LogP contribution is 2.31. The van der Waals surface area contributed by atoms with Crippen LogP contribution in [0.3, 0.4) is 0 Å². The van der Waals surface area contributed by atoms with Crippen LogP contribution in [0.25, 0.3) is 0 Å². The number of ether oxygens (including phenoxy) is 2. The highest BCUT2D eigenvalue weighted by atomic mass is 16.5. The number of carbonyl (C=O) groups is 1. The zero-order valence-corrected chi connectivity index (χ0v) is 9.32. The van der Waals surface area contributed by atoms with Crippen LogP contribution in [-0.4, -0.2) is 19.0 Å². The molecule has 0 bridgehead atoms. The van der Waals surface area contributed by atoms with Crippen molar-refractivity contribution in [3.05, 3.63) is 23.8 Å². The van der Waals surface area contributed by atoms with Gasteiger partial charge in [0, 0.05) is 0 Å². The van der Waals surface area contributed by atoms with E-state index in [1.54, 1.807) is 18.2 Å². The third-order valence-corrected chi connectivity index (χ3v) is 1.79. The summed E-state index contributed by atoms with van der Waals surface area (Å²) in [5.74, 6) is 1.15. The highest BCUT2D eigenvalue weighted by Gasteiger charge is 2.11. The van der Waals surface area contributed by atoms with Crippen molar-refractivity contribution >= 4 is 6.29 Å². The van der Waals surface area contributed by atoms with Gasteiger partial charge in [-0.05, 0) is 32.9 Å². The van der Waals surface area contributed by atoms with Crippen molar-refractivity contribution in [2.75, 3.05) is 6.61 Å². The molecule has 0 fully saturated rings. The van der Waals surface area contributed by atoms with E-state index in [0.29, 0.717) is 23.7 Å². The van der Waals surface area contributed by atoms with Gasteiger partial charge in [0.25, 0.3) is 0 Å². The fourth-order valence-electron chi connectivity index (χ4n) is 1.26. The van der Waals surface area contributed by atoms with E-state index in [-0.39, 0.29) is 6.10 Å². The van der Waals surface area contributed by atoms with Crippen molar-refractivity contribution in [1.82, 2.24) is 0 Å². The molecule has 0 atom stereocenters. The Hall–Kier alpha value is -1.51. The third kappa shape index (κ3) is 2.98. The Bertz CT molecular complexity index is 332. The Labute approximate surface area is 90.0 Å². The van der Waals surface area contributed by atoms with Crippen LogP contribution in [0, 0.1) is 0 Å². The zero-order valence-electron chi connectivity index (χ0n) is 9.32. The molecule has 0 saturated carbocycles. The molecule has 0 saturated heterocycles. The first kappa shape index (κ1) is 11.6. The van der Waals surface area contributed by atoms with Gasteiger partial charge < -0.3 is 9.47 Å². The smallest absolute Gasteiger partial charge is 0.172 e. The average molecular weight is 208 g/mol. The van der Waals surface area contributed by atoms with E-state index in [1.807, 2.05) is 20.8 Å². The van der Waals surface area contributed by atoms with Crippen LogP contribution in [0.5, 0.6) is 11.5 Å². The summed E-state index contributed by atoms with van der Waals surface area (Å²) in [6.07, 6.45) is 0.797. The minimum Gasteiger partial charge on any atom is -0.490 e. The van der Waals surface area contributed by atoms with E-state index < -0.39 is 0 Å². The Morgan fingerprint density at radius 2 is 2.13 bits per heavy atom. The molecular weight excluding hydrogens is 192 g/mol. The maximum Gasteiger partial charge on any atom is 0.172 e. The maximum atomic E-state index is 10.8. The number of para-hydroxylation sites is 1. The van der Waals surface area contributed by atoms with Crippen molar-refractivity contribution in [1.29, 1.82) is 0 Å². The minimum atomic E-state index is 0.0188. The van der Waals surface area contributed by atoms with E-state index in [1.165, 1.54) is 0 Å². The predicted octanol–water partition coefficient (Wildman–Crippen LogP) is 2.69. The number of benzene rings is 1. The first-order valence-corrected chi connectivity index (χ1v) is 5.06. The normalized spacial score (nSPS) is 10.1. The Morgan fingerprint density at radius 3 is 2.67 bits per heavy atom. The topological polar surface area (TPSA) is 35.5 Å². The summed E-state index contributed by atoms with van der Waals surface area (Å²) in [6, 6.07) is 5.30. The van der Waals surface area contributed by atoms with Gasteiger partial charge in [0.15, 0.2) is 17.8 Å². The summed E-state index contributed by atoms with van der Waals surface area (Å²) in [7, 11) is 0. The van der Waals surface area contributed by atoms with E-state index in [2.05, 4.69) is 0 Å². The Morgan fingerprint density at radius 1 is 1.40 bits per heavy atom. The van der Waals surface area contributed by atoms with Gasteiger partial charge >= 0.3 is 0 Å². The zero-order chi connectivity index (χ0) is 11.3. The van der Waals surface area contributed by atoms with E-state index in [9.17, 15) is 4.79 Å². The van der Waals surface area contributed by atoms with Crippen molar-refractivity contribution in [3.63, 3.8) is 0 Å². The Balaban J connectivity index is 3.08. The van der Waals surface area contributed by atoms with Gasteiger partial charge in [0.2, 0.25) is 0 Å². The number of carbonyl (C=O) groups excluding carboxylic acids is 1. The first-order chi connectivity index (χ1) is 7.19. The summed E-state index contributed by atoms with van der Waals surface area (Å²) in [5, 5.41) is 0. The average Bonchev–Trinajstić information content (AvgIpc) is 2.20. The van der Waals surface area contributed by atoms with Gasteiger partial charge in [0.1, 0.15) is 0 Å². The van der Waals surface area contributed by atoms with Gasteiger partial charge in [-0.2, -0.15) is 0 Å². The van der Waals surface area contributed by atoms with Crippen LogP contribution in [-0.2, 0) is 0 Å². The molecule has 0 N–H and O–H groups in total. The molecular formula is C12H16O3. The lowest BCUT2D eigenvalue weighted by molar-refractivity contribution is 0.111. The van der Waals surface area contributed by atoms with E-state index >= 15 is 0 Å². The lowest BCUT2D eigenvalue weighted by Crippen LogP contribution is -2.09. The second-order valence-corrected chi connectivity index (χ2v) is 3.39. The van der Waals surface area contributed by atoms with Crippen molar-refractivity contribution in [2.24, 2.45) is 0 Å². The molecule has 0 radical (unpaired) electrons. The van der Waals surface area contributed by atoms with Crippen LogP contribution in [0.1, 0.15) is 31.1 Å². The lowest BCUT2D eigenvalue weighted by Gasteiger charge is -2.15. The quantitative estimate of drug-likeness (QED) is 0.698. The Kier molecular flexibility index (Phi) is 4.16. The number of rotatable bonds is 5. The standard InChI is InChI=1S/C12H16O3/c1-4-14-11-7-5-6-10(8-13)12(11)15-9(2)3/h5-9H,4H2,1-3H3. The fourth-order valence-corrected chi connectivity index (χ4v) is 1.26. The molecule has 0 aliphatic rings. The molecule has 0 aliphatic carbocycles. The van der Waals surface area contributed by atoms with Crippen LogP contribution < -0.4 is 9.47 Å². The van der Waals surface area contributed by atoms with Crippen molar-refractivity contribution in [3.8, 4) is 11.5 Å². The molecule has 82 valence electrons. The molecule has 3 heteroatoms. The number of hydrogen-bond donors (Lipinski definition) is 0. The van der Waals surface area contributed by atoms with Gasteiger partial charge in [-0.1, -0.05) is 6.07 Å². The SMILES string of the molecule is CCOc1cccc(C=O)c1OC(C)C. The largest absolute Gasteiger partial charge is 0.490 e. The molecule has 1 aromatic carbocycles. The molecule has 0 heterocycles. The summed E-state index contributed by atoms with van der Waals surface area (Å²) >= 11 is 0. The highest BCUT2D eigenvalue weighted by molar-refractivity contribution is 5.81. The van der Waals surface area contributed by atoms with Crippen LogP contribution in [0.4, 0.5) is 0 Å². The molecule has 0 aliphatic heterocycles. The molecule has 1 aromatic rings. The van der Waals surface area contributed by atoms with E-state index in [4.69, 9.17) is 9.47 Å². The summed E-state index contributed by atoms with van der Waals surface area (Å²) in [5.41, 5.74) is 0.523. The summed E-state index contributed by atoms with van der Waals surface area (Å²) in [4.78, 5) is 10.8. The fraction of sp³-hybridized carbons (Fsp3) is 0.417. The van der Waals surface area contributed by atoms with Gasteiger partial charge in [-0.3, -0.25) is 4.79 Å². The number of aldehydes is 1. The van der Waals surface area contributed by atoms with Crippen LogP contribution >= 0.6 is 0 Å². The molecule has 0 spiro atoms. The van der Waals surface area contributed by atoms with Crippen molar-refractivity contribution in [2.45, 2.75) is 26.9 Å². The maximum absolute atomic E-state index is 10.8. The van der Waals surface area contributed by atoms with Gasteiger partial charge in [0.05, 0.1) is 18.3 Å². The second kappa shape index (κ2) is 5.39. The molecule has 0 amide bonds. The molecule has 15 heavy (non-hydrogen) atoms. The summed E-state index contributed by atoms with van der Waals surface area (Å²) in [6.45, 7) is 6.28. The monoisotopic (exact) mass is 208 g/mol. The molecule has 3 nitrogen and oxygen atoms in total. The van der Waals surface area contributed by atoms with Crippen molar-refractivity contribution < 1.29 is 14.3 Å². The predicted molar refractivity (Wildman–Crippen MR) is 58.8 cm³/mol. The minimum absolute atomic E-state index is 0.0188. The number of hydrogen-bond acceptors (Lipinski definition) is 3. The lowest BCUT2D eigenvalue weighted by atomic mass is 10.2. The molecule has 0 unspecified atom stereocenters. The molecule has 1 rings (SSSR count). The van der Waals surface area contributed by atoms with Crippen LogP contribution in [0.15, 0.2) is 18.2 Å². The van der Waals surface area contributed by atoms with Gasteiger partial charge in [-0.25, -0.2) is 0 Å². The second-order valence-electron chi connectivity index (χ2n) is 3.39. The molecule has 0 aromatic heterocycles. The van der Waals surface area contributed by atoms with E-state index in [0.717, 1.165) is 6.29 Å². The third-order valence-electron chi connectivity index (χ3n) is 1.79.